The van der Waals surface area contributed by atoms with E-state index in [1.807, 2.05) is 68.8 Å². The molecule has 0 bridgehead atoms. The minimum Gasteiger partial charge on any atom is -0.472 e. The zero-order valence-corrected chi connectivity index (χ0v) is 15.4. The lowest BCUT2D eigenvalue weighted by Gasteiger charge is -2.19. The van der Waals surface area contributed by atoms with Gasteiger partial charge < -0.3 is 14.8 Å². The highest BCUT2D eigenvalue weighted by atomic mass is 16.6. The molecular formula is C19H27N3O3. The summed E-state index contributed by atoms with van der Waals surface area (Å²) in [5.74, 6) is 0.612. The van der Waals surface area contributed by atoms with Crippen LogP contribution in [0.4, 0.5) is 4.79 Å². The summed E-state index contributed by atoms with van der Waals surface area (Å²) in [6.45, 7) is 9.26. The Balaban J connectivity index is 1.74. The van der Waals surface area contributed by atoms with E-state index in [0.717, 1.165) is 17.7 Å². The van der Waals surface area contributed by atoms with Crippen molar-refractivity contribution in [3.63, 3.8) is 0 Å². The van der Waals surface area contributed by atoms with Gasteiger partial charge in [-0.3, -0.25) is 4.68 Å². The molecule has 1 aromatic heterocycles. The molecule has 1 N–H and O–H groups in total. The molecule has 0 atom stereocenters. The van der Waals surface area contributed by atoms with Crippen LogP contribution in [0, 0.1) is 6.92 Å². The van der Waals surface area contributed by atoms with Gasteiger partial charge in [-0.25, -0.2) is 4.79 Å². The molecule has 25 heavy (non-hydrogen) atoms. The van der Waals surface area contributed by atoms with E-state index in [0.29, 0.717) is 25.6 Å². The number of aryl methyl sites for hydroxylation is 2. The first kappa shape index (κ1) is 18.8. The Kier molecular flexibility index (Phi) is 6.44. The number of aromatic nitrogens is 2. The normalized spacial score (nSPS) is 11.2. The molecule has 1 amide bonds. The third-order valence-electron chi connectivity index (χ3n) is 3.40. The summed E-state index contributed by atoms with van der Waals surface area (Å²) < 4.78 is 12.8. The summed E-state index contributed by atoms with van der Waals surface area (Å²) in [5.41, 5.74) is 1.66. The molecule has 0 saturated carbocycles. The van der Waals surface area contributed by atoms with Crippen LogP contribution in [0.25, 0.3) is 0 Å². The number of ether oxygens (including phenoxy) is 2. The van der Waals surface area contributed by atoms with Gasteiger partial charge >= 0.3 is 6.09 Å². The zero-order chi connectivity index (χ0) is 18.3. The minimum absolute atomic E-state index is 0.392. The highest BCUT2D eigenvalue weighted by molar-refractivity contribution is 5.67. The minimum atomic E-state index is -0.479. The second-order valence-corrected chi connectivity index (χ2v) is 6.90. The van der Waals surface area contributed by atoms with Crippen molar-refractivity contribution in [1.82, 2.24) is 15.1 Å². The third kappa shape index (κ3) is 6.87. The molecule has 0 fully saturated rings. The van der Waals surface area contributed by atoms with E-state index in [2.05, 4.69) is 10.4 Å². The van der Waals surface area contributed by atoms with Crippen LogP contribution in [0.3, 0.4) is 0 Å². The van der Waals surface area contributed by atoms with Gasteiger partial charge in [0.1, 0.15) is 12.2 Å². The smallest absolute Gasteiger partial charge is 0.407 e. The summed E-state index contributed by atoms with van der Waals surface area (Å²) >= 11 is 0. The Morgan fingerprint density at radius 3 is 2.64 bits per heavy atom. The van der Waals surface area contributed by atoms with E-state index in [4.69, 9.17) is 9.47 Å². The molecular weight excluding hydrogens is 318 g/mol. The van der Waals surface area contributed by atoms with Gasteiger partial charge in [0.25, 0.3) is 0 Å². The summed E-state index contributed by atoms with van der Waals surface area (Å²) in [4.78, 5) is 11.6. The number of benzene rings is 1. The Hall–Kier alpha value is -2.50. The van der Waals surface area contributed by atoms with Crippen molar-refractivity contribution in [2.24, 2.45) is 0 Å². The fourth-order valence-corrected chi connectivity index (χ4v) is 2.24. The van der Waals surface area contributed by atoms with Crippen molar-refractivity contribution >= 4 is 6.09 Å². The molecule has 2 rings (SSSR count). The van der Waals surface area contributed by atoms with E-state index in [1.54, 1.807) is 0 Å². The Bertz CT molecular complexity index is 675. The van der Waals surface area contributed by atoms with Gasteiger partial charge in [0.05, 0.1) is 0 Å². The lowest BCUT2D eigenvalue weighted by Crippen LogP contribution is -2.33. The topological polar surface area (TPSA) is 65.4 Å². The first-order chi connectivity index (χ1) is 11.8. The van der Waals surface area contributed by atoms with Gasteiger partial charge in [-0.1, -0.05) is 30.3 Å². The van der Waals surface area contributed by atoms with Crippen LogP contribution in [0.1, 0.15) is 38.4 Å². The van der Waals surface area contributed by atoms with Crippen LogP contribution in [0.2, 0.25) is 0 Å². The van der Waals surface area contributed by atoms with Crippen molar-refractivity contribution in [2.75, 3.05) is 6.54 Å². The highest BCUT2D eigenvalue weighted by Gasteiger charge is 2.15. The number of hydrogen-bond donors (Lipinski definition) is 1. The lowest BCUT2D eigenvalue weighted by atomic mass is 10.2. The van der Waals surface area contributed by atoms with Gasteiger partial charge in [-0.2, -0.15) is 0 Å². The van der Waals surface area contributed by atoms with Crippen molar-refractivity contribution in [3.8, 4) is 5.88 Å². The molecule has 0 spiro atoms. The summed E-state index contributed by atoms with van der Waals surface area (Å²) in [7, 11) is 0. The molecule has 0 saturated heterocycles. The SMILES string of the molecule is Cc1cc(OCc2ccccc2)nn1CCCNC(=O)OC(C)(C)C. The van der Waals surface area contributed by atoms with E-state index in [1.165, 1.54) is 0 Å². The fraction of sp³-hybridized carbons (Fsp3) is 0.474. The lowest BCUT2D eigenvalue weighted by molar-refractivity contribution is 0.0526. The predicted octanol–water partition coefficient (Wildman–Crippen LogP) is 3.69. The fourth-order valence-electron chi connectivity index (χ4n) is 2.24. The van der Waals surface area contributed by atoms with E-state index < -0.39 is 11.7 Å². The van der Waals surface area contributed by atoms with Crippen LogP contribution >= 0.6 is 0 Å². The molecule has 1 aromatic carbocycles. The standard InChI is InChI=1S/C19H27N3O3/c1-15-13-17(24-14-16-9-6-5-7-10-16)21-22(15)12-8-11-20-18(23)25-19(2,3)4/h5-7,9-10,13H,8,11-12,14H2,1-4H3,(H,20,23). The number of hydrogen-bond acceptors (Lipinski definition) is 4. The first-order valence-corrected chi connectivity index (χ1v) is 8.51. The van der Waals surface area contributed by atoms with Gasteiger partial charge in [0.15, 0.2) is 0 Å². The number of nitrogens with one attached hydrogen (secondary N) is 1. The molecule has 6 heteroatoms. The zero-order valence-electron chi connectivity index (χ0n) is 15.4. The van der Waals surface area contributed by atoms with Gasteiger partial charge in [0, 0.05) is 24.8 Å². The third-order valence-corrected chi connectivity index (χ3v) is 3.40. The molecule has 0 aliphatic carbocycles. The average Bonchev–Trinajstić information content (AvgIpc) is 2.89. The van der Waals surface area contributed by atoms with Crippen molar-refractivity contribution in [2.45, 2.75) is 52.9 Å². The van der Waals surface area contributed by atoms with Crippen LogP contribution in [-0.4, -0.2) is 28.0 Å². The van der Waals surface area contributed by atoms with Crippen LogP contribution in [0.5, 0.6) is 5.88 Å². The Labute approximate surface area is 149 Å². The van der Waals surface area contributed by atoms with Gasteiger partial charge in [0.2, 0.25) is 5.88 Å². The quantitative estimate of drug-likeness (QED) is 0.777. The van der Waals surface area contributed by atoms with E-state index >= 15 is 0 Å². The molecule has 1 heterocycles. The maximum atomic E-state index is 11.6. The predicted molar refractivity (Wildman–Crippen MR) is 96.6 cm³/mol. The Morgan fingerprint density at radius 1 is 1.24 bits per heavy atom. The number of nitrogens with zero attached hydrogens (tertiary/aromatic N) is 2. The van der Waals surface area contributed by atoms with E-state index in [9.17, 15) is 4.79 Å². The molecule has 0 aliphatic rings. The molecule has 0 radical (unpaired) electrons. The molecule has 6 nitrogen and oxygen atoms in total. The van der Waals surface area contributed by atoms with Crippen LogP contribution in [0.15, 0.2) is 36.4 Å². The monoisotopic (exact) mass is 345 g/mol. The maximum absolute atomic E-state index is 11.6. The number of carbonyl (C=O) groups is 1. The number of alkyl carbamates (subject to hydrolysis) is 1. The highest BCUT2D eigenvalue weighted by Crippen LogP contribution is 2.13. The second-order valence-electron chi connectivity index (χ2n) is 6.90. The van der Waals surface area contributed by atoms with E-state index in [-0.39, 0.29) is 0 Å². The Morgan fingerprint density at radius 2 is 1.96 bits per heavy atom. The summed E-state index contributed by atoms with van der Waals surface area (Å²) in [5, 5.41) is 7.20. The van der Waals surface area contributed by atoms with Gasteiger partial charge in [-0.15, -0.1) is 5.10 Å². The summed E-state index contributed by atoms with van der Waals surface area (Å²) in [6, 6.07) is 11.9. The molecule has 0 unspecified atom stereocenters. The molecule has 136 valence electrons. The second kappa shape index (κ2) is 8.55. The van der Waals surface area contributed by atoms with Crippen molar-refractivity contribution in [1.29, 1.82) is 0 Å². The number of carbonyl (C=O) groups excluding carboxylic acids is 1. The van der Waals surface area contributed by atoms with Crippen molar-refractivity contribution < 1.29 is 14.3 Å². The largest absolute Gasteiger partial charge is 0.472 e. The summed E-state index contributed by atoms with van der Waals surface area (Å²) in [6.07, 6.45) is 0.372. The average molecular weight is 345 g/mol. The van der Waals surface area contributed by atoms with Crippen LogP contribution < -0.4 is 10.1 Å². The number of amides is 1. The van der Waals surface area contributed by atoms with Gasteiger partial charge in [-0.05, 0) is 39.7 Å². The number of rotatable bonds is 7. The first-order valence-electron chi connectivity index (χ1n) is 8.51. The van der Waals surface area contributed by atoms with Crippen LogP contribution in [-0.2, 0) is 17.9 Å². The maximum Gasteiger partial charge on any atom is 0.407 e. The molecule has 2 aromatic rings. The van der Waals surface area contributed by atoms with Crippen molar-refractivity contribution in [3.05, 3.63) is 47.7 Å². The molecule has 0 aliphatic heterocycles.